The van der Waals surface area contributed by atoms with Gasteiger partial charge in [-0.15, -0.1) is 12.4 Å². The maximum atomic E-state index is 11.4. The van der Waals surface area contributed by atoms with Crippen LogP contribution in [0.4, 0.5) is 0 Å². The summed E-state index contributed by atoms with van der Waals surface area (Å²) in [5, 5.41) is 18.8. The van der Waals surface area contributed by atoms with Crippen molar-refractivity contribution in [2.75, 3.05) is 26.7 Å². The van der Waals surface area contributed by atoms with Crippen molar-refractivity contribution in [2.45, 2.75) is 12.6 Å². The Morgan fingerprint density at radius 1 is 1.35 bits per heavy atom. The Balaban J connectivity index is 0.00000200. The summed E-state index contributed by atoms with van der Waals surface area (Å²) in [7, 11) is 1.62. The molecule has 1 saturated heterocycles. The molecule has 0 bridgehead atoms. The van der Waals surface area contributed by atoms with Gasteiger partial charge in [-0.1, -0.05) is 12.1 Å². The lowest BCUT2D eigenvalue weighted by atomic mass is 10.1. The van der Waals surface area contributed by atoms with Crippen molar-refractivity contribution in [2.24, 2.45) is 5.92 Å². The summed E-state index contributed by atoms with van der Waals surface area (Å²) < 4.78 is 0. The van der Waals surface area contributed by atoms with E-state index in [4.69, 9.17) is 0 Å². The van der Waals surface area contributed by atoms with E-state index in [1.54, 1.807) is 7.05 Å². The smallest absolute Gasteiger partial charge is 0.251 e. The number of halogens is 1. The summed E-state index contributed by atoms with van der Waals surface area (Å²) in [4.78, 5) is 11.4. The van der Waals surface area contributed by atoms with Crippen LogP contribution in [-0.2, 0) is 6.54 Å². The van der Waals surface area contributed by atoms with Gasteiger partial charge in [-0.3, -0.25) is 4.79 Å². The van der Waals surface area contributed by atoms with Crippen LogP contribution in [0.5, 0.6) is 0 Å². The number of benzene rings is 1. The molecular formula is C14H22ClN3O2. The van der Waals surface area contributed by atoms with Crippen molar-refractivity contribution >= 4 is 18.3 Å². The van der Waals surface area contributed by atoms with Gasteiger partial charge < -0.3 is 21.1 Å². The van der Waals surface area contributed by atoms with Crippen molar-refractivity contribution < 1.29 is 9.90 Å². The van der Waals surface area contributed by atoms with Crippen LogP contribution < -0.4 is 16.0 Å². The molecule has 1 aliphatic rings. The molecule has 0 spiro atoms. The number of hydrogen-bond acceptors (Lipinski definition) is 4. The first-order chi connectivity index (χ1) is 9.20. The normalized spacial score (nSPS) is 21.3. The minimum atomic E-state index is -0.247. The number of nitrogens with one attached hydrogen (secondary N) is 3. The third kappa shape index (κ3) is 4.45. The zero-order chi connectivity index (χ0) is 13.7. The molecule has 1 aromatic carbocycles. The van der Waals surface area contributed by atoms with Crippen LogP contribution in [0.15, 0.2) is 24.3 Å². The highest BCUT2D eigenvalue weighted by Gasteiger charge is 2.23. The molecule has 5 nitrogen and oxygen atoms in total. The highest BCUT2D eigenvalue weighted by atomic mass is 35.5. The molecule has 0 aliphatic carbocycles. The second-order valence-electron chi connectivity index (χ2n) is 4.89. The molecule has 20 heavy (non-hydrogen) atoms. The monoisotopic (exact) mass is 299 g/mol. The molecule has 1 heterocycles. The Bertz CT molecular complexity index is 425. The molecular weight excluding hydrogens is 278 g/mol. The molecule has 0 saturated carbocycles. The van der Waals surface area contributed by atoms with Crippen molar-refractivity contribution in [3.05, 3.63) is 35.4 Å². The van der Waals surface area contributed by atoms with Gasteiger partial charge in [0.15, 0.2) is 0 Å². The molecule has 1 amide bonds. The van der Waals surface area contributed by atoms with Gasteiger partial charge in [0.25, 0.3) is 5.91 Å². The largest absolute Gasteiger partial charge is 0.391 e. The third-order valence-corrected chi connectivity index (χ3v) is 3.48. The Morgan fingerprint density at radius 2 is 2.05 bits per heavy atom. The molecule has 1 aliphatic heterocycles. The van der Waals surface area contributed by atoms with Gasteiger partial charge in [0, 0.05) is 44.7 Å². The molecule has 2 unspecified atom stereocenters. The average molecular weight is 300 g/mol. The first-order valence-electron chi connectivity index (χ1n) is 6.61. The van der Waals surface area contributed by atoms with Gasteiger partial charge >= 0.3 is 0 Å². The molecule has 0 radical (unpaired) electrons. The minimum Gasteiger partial charge on any atom is -0.391 e. The summed E-state index contributed by atoms with van der Waals surface area (Å²) in [6, 6.07) is 7.53. The second kappa shape index (κ2) is 8.21. The molecule has 0 aromatic heterocycles. The van der Waals surface area contributed by atoms with Crippen LogP contribution in [0.1, 0.15) is 15.9 Å². The molecule has 112 valence electrons. The average Bonchev–Trinajstić information content (AvgIpc) is 2.84. The topological polar surface area (TPSA) is 73.4 Å². The fourth-order valence-corrected chi connectivity index (χ4v) is 2.25. The number of carbonyl (C=O) groups excluding carboxylic acids is 1. The van der Waals surface area contributed by atoms with Crippen LogP contribution in [0.25, 0.3) is 0 Å². The highest BCUT2D eigenvalue weighted by Crippen LogP contribution is 2.08. The Labute approximate surface area is 125 Å². The minimum absolute atomic E-state index is 0. The summed E-state index contributed by atoms with van der Waals surface area (Å²) in [5.74, 6) is 0.213. The molecule has 2 rings (SSSR count). The fraction of sp³-hybridized carbons (Fsp3) is 0.500. The van der Waals surface area contributed by atoms with Gasteiger partial charge in [-0.25, -0.2) is 0 Å². The number of carbonyl (C=O) groups is 1. The lowest BCUT2D eigenvalue weighted by Gasteiger charge is -2.14. The Hall–Kier alpha value is -1.14. The SMILES string of the molecule is CNC(=O)c1ccc(CNCC2CNCC2O)cc1.Cl. The number of amides is 1. The van der Waals surface area contributed by atoms with Gasteiger partial charge in [0.1, 0.15) is 0 Å². The molecule has 2 atom stereocenters. The van der Waals surface area contributed by atoms with E-state index in [0.29, 0.717) is 12.1 Å². The number of aliphatic hydroxyl groups is 1. The van der Waals surface area contributed by atoms with E-state index in [0.717, 1.165) is 25.2 Å². The summed E-state index contributed by atoms with van der Waals surface area (Å²) in [6.07, 6.45) is -0.247. The highest BCUT2D eigenvalue weighted by molar-refractivity contribution is 5.93. The lowest BCUT2D eigenvalue weighted by molar-refractivity contribution is 0.0963. The molecule has 1 fully saturated rings. The van der Waals surface area contributed by atoms with E-state index >= 15 is 0 Å². The Morgan fingerprint density at radius 3 is 2.60 bits per heavy atom. The number of β-amino-alcohol motifs (C(OH)–C–C–N with tert-alkyl or cyclic N) is 1. The Kier molecular flexibility index (Phi) is 6.95. The number of hydrogen-bond donors (Lipinski definition) is 4. The number of aliphatic hydroxyl groups excluding tert-OH is 1. The van der Waals surface area contributed by atoms with E-state index in [1.165, 1.54) is 0 Å². The van der Waals surface area contributed by atoms with E-state index in [2.05, 4.69) is 16.0 Å². The van der Waals surface area contributed by atoms with E-state index in [9.17, 15) is 9.90 Å². The van der Waals surface area contributed by atoms with Crippen molar-refractivity contribution in [3.63, 3.8) is 0 Å². The van der Waals surface area contributed by atoms with Crippen molar-refractivity contribution in [1.82, 2.24) is 16.0 Å². The summed E-state index contributed by atoms with van der Waals surface area (Å²) >= 11 is 0. The quantitative estimate of drug-likeness (QED) is 0.624. The molecule has 4 N–H and O–H groups in total. The predicted molar refractivity (Wildman–Crippen MR) is 81.2 cm³/mol. The zero-order valence-corrected chi connectivity index (χ0v) is 12.4. The van der Waals surface area contributed by atoms with Crippen LogP contribution in [0.3, 0.4) is 0 Å². The summed E-state index contributed by atoms with van der Waals surface area (Å²) in [6.45, 7) is 3.10. The number of rotatable bonds is 5. The lowest BCUT2D eigenvalue weighted by Crippen LogP contribution is -2.30. The maximum absolute atomic E-state index is 11.4. The van der Waals surface area contributed by atoms with E-state index in [-0.39, 0.29) is 30.3 Å². The maximum Gasteiger partial charge on any atom is 0.251 e. The zero-order valence-electron chi connectivity index (χ0n) is 11.6. The van der Waals surface area contributed by atoms with Gasteiger partial charge in [0.05, 0.1) is 6.10 Å². The van der Waals surface area contributed by atoms with E-state index < -0.39 is 0 Å². The van der Waals surface area contributed by atoms with Crippen molar-refractivity contribution in [3.8, 4) is 0 Å². The first-order valence-corrected chi connectivity index (χ1v) is 6.61. The summed E-state index contributed by atoms with van der Waals surface area (Å²) in [5.41, 5.74) is 1.80. The standard InChI is InChI=1S/C14H21N3O2.ClH/c1-15-14(19)11-4-2-10(3-5-11)6-16-7-12-8-17-9-13(12)18;/h2-5,12-13,16-18H,6-9H2,1H3,(H,15,19);1H. The second-order valence-corrected chi connectivity index (χ2v) is 4.89. The van der Waals surface area contributed by atoms with Crippen LogP contribution in [-0.4, -0.2) is 43.8 Å². The molecule has 6 heteroatoms. The third-order valence-electron chi connectivity index (χ3n) is 3.48. The predicted octanol–water partition coefficient (Wildman–Crippen LogP) is 0.138. The van der Waals surface area contributed by atoms with Gasteiger partial charge in [-0.2, -0.15) is 0 Å². The molecule has 1 aromatic rings. The van der Waals surface area contributed by atoms with Gasteiger partial charge in [0.2, 0.25) is 0 Å². The van der Waals surface area contributed by atoms with Crippen LogP contribution in [0, 0.1) is 5.92 Å². The van der Waals surface area contributed by atoms with Crippen molar-refractivity contribution in [1.29, 1.82) is 0 Å². The van der Waals surface area contributed by atoms with Crippen LogP contribution in [0.2, 0.25) is 0 Å². The van der Waals surface area contributed by atoms with E-state index in [1.807, 2.05) is 24.3 Å². The first kappa shape index (κ1) is 16.9. The van der Waals surface area contributed by atoms with Crippen LogP contribution >= 0.6 is 12.4 Å². The van der Waals surface area contributed by atoms with Gasteiger partial charge in [-0.05, 0) is 17.7 Å². The fourth-order valence-electron chi connectivity index (χ4n) is 2.25.